The highest BCUT2D eigenvalue weighted by Crippen LogP contribution is 2.31. The van der Waals surface area contributed by atoms with Gasteiger partial charge in [-0.3, -0.25) is 0 Å². The van der Waals surface area contributed by atoms with Crippen LogP contribution in [0.3, 0.4) is 0 Å². The maximum absolute atomic E-state index is 5.76. The average molecular weight is 214 g/mol. The quantitative estimate of drug-likeness (QED) is 0.618. The van der Waals surface area contributed by atoms with E-state index in [1.165, 1.54) is 16.5 Å². The number of rotatable bonds is 0. The van der Waals surface area contributed by atoms with E-state index in [1.54, 1.807) is 0 Å². The molecule has 1 aromatic heterocycles. The molecule has 1 aromatic carbocycles. The van der Waals surface area contributed by atoms with Crippen molar-refractivity contribution in [2.45, 2.75) is 33.6 Å². The van der Waals surface area contributed by atoms with Crippen LogP contribution in [-0.2, 0) is 6.42 Å². The molecule has 0 unspecified atom stereocenters. The molecule has 84 valence electrons. The van der Waals surface area contributed by atoms with Crippen LogP contribution in [0.2, 0.25) is 0 Å². The molecule has 1 nitrogen and oxygen atoms in total. The second-order valence-electron chi connectivity index (χ2n) is 3.89. The molecule has 1 heterocycles. The van der Waals surface area contributed by atoms with Crippen LogP contribution >= 0.6 is 0 Å². The van der Waals surface area contributed by atoms with Gasteiger partial charge in [-0.25, -0.2) is 0 Å². The first-order valence-electron chi connectivity index (χ1n) is 6.03. The van der Waals surface area contributed by atoms with Gasteiger partial charge in [0.15, 0.2) is 0 Å². The Hall–Kier alpha value is -1.50. The first-order chi connectivity index (χ1) is 7.84. The zero-order valence-corrected chi connectivity index (χ0v) is 10.2. The minimum atomic E-state index is 1.02. The highest BCUT2D eigenvalue weighted by atomic mass is 16.3. The summed E-state index contributed by atoms with van der Waals surface area (Å²) in [7, 11) is 0. The average Bonchev–Trinajstić information content (AvgIpc) is 2.70. The smallest absolute Gasteiger partial charge is 0.135 e. The van der Waals surface area contributed by atoms with Gasteiger partial charge in [-0.05, 0) is 38.0 Å². The number of aryl methyl sites for hydroxylation is 2. The third kappa shape index (κ3) is 1.78. The fourth-order valence-electron chi connectivity index (χ4n) is 2.09. The molecule has 0 aliphatic heterocycles. The van der Waals surface area contributed by atoms with E-state index in [-0.39, 0.29) is 0 Å². The number of hydrogen-bond acceptors (Lipinski definition) is 1. The molecule has 0 atom stereocenters. The minimum absolute atomic E-state index is 1.02. The van der Waals surface area contributed by atoms with E-state index in [4.69, 9.17) is 4.42 Å². The lowest BCUT2D eigenvalue weighted by Crippen LogP contribution is -1.89. The van der Waals surface area contributed by atoms with Crippen LogP contribution in [0.5, 0.6) is 0 Å². The molecule has 0 spiro atoms. The summed E-state index contributed by atoms with van der Waals surface area (Å²) in [5.41, 5.74) is 3.70. The Bertz CT molecular complexity index is 517. The lowest BCUT2D eigenvalue weighted by Gasteiger charge is -2.02. The van der Waals surface area contributed by atoms with Gasteiger partial charge in [-0.1, -0.05) is 31.6 Å². The lowest BCUT2D eigenvalue weighted by atomic mass is 10.0. The van der Waals surface area contributed by atoms with E-state index in [0.717, 1.165) is 24.2 Å². The van der Waals surface area contributed by atoms with Gasteiger partial charge in [0.05, 0.1) is 0 Å². The van der Waals surface area contributed by atoms with Crippen molar-refractivity contribution >= 4 is 17.0 Å². The van der Waals surface area contributed by atoms with Gasteiger partial charge in [-0.15, -0.1) is 0 Å². The van der Waals surface area contributed by atoms with Crippen LogP contribution in [0, 0.1) is 6.92 Å². The summed E-state index contributed by atoms with van der Waals surface area (Å²) in [5.74, 6) is 1.05. The molecule has 0 N–H and O–H groups in total. The molecule has 0 bridgehead atoms. The first kappa shape index (κ1) is 11.0. The summed E-state index contributed by atoms with van der Waals surface area (Å²) < 4.78 is 5.76. The summed E-state index contributed by atoms with van der Waals surface area (Å²) >= 11 is 0. The normalized spacial score (nSPS) is 13.2. The van der Waals surface area contributed by atoms with E-state index in [0.29, 0.717) is 0 Å². The number of furan rings is 1. The van der Waals surface area contributed by atoms with Crippen LogP contribution < -0.4 is 0 Å². The second-order valence-corrected chi connectivity index (χ2v) is 3.89. The second kappa shape index (κ2) is 4.56. The summed E-state index contributed by atoms with van der Waals surface area (Å²) in [6, 6.07) is 6.38. The first-order valence-corrected chi connectivity index (χ1v) is 6.03. The molecule has 0 saturated heterocycles. The molecule has 0 amide bonds. The van der Waals surface area contributed by atoms with Crippen molar-refractivity contribution in [3.05, 3.63) is 41.2 Å². The van der Waals surface area contributed by atoms with Gasteiger partial charge in [0, 0.05) is 10.9 Å². The summed E-state index contributed by atoms with van der Waals surface area (Å²) in [4.78, 5) is 0. The SMILES string of the molecule is CC.Cc1ccc2oc3c(c2c1)CCC=C3. The lowest BCUT2D eigenvalue weighted by molar-refractivity contribution is 0.595. The van der Waals surface area contributed by atoms with Crippen LogP contribution in [0.15, 0.2) is 28.7 Å². The molecule has 1 aliphatic rings. The molecule has 0 fully saturated rings. The molecular formula is C15H18O. The number of benzene rings is 1. The summed E-state index contributed by atoms with van der Waals surface area (Å²) in [5, 5.41) is 1.30. The molecule has 2 aromatic rings. The molecule has 3 rings (SSSR count). The van der Waals surface area contributed by atoms with Crippen molar-refractivity contribution in [3.8, 4) is 0 Å². The van der Waals surface area contributed by atoms with Crippen LogP contribution in [-0.4, -0.2) is 0 Å². The van der Waals surface area contributed by atoms with E-state index < -0.39 is 0 Å². The van der Waals surface area contributed by atoms with E-state index in [1.807, 2.05) is 13.8 Å². The minimum Gasteiger partial charge on any atom is -0.456 e. The third-order valence-electron chi connectivity index (χ3n) is 2.81. The molecule has 1 aliphatic carbocycles. The molecule has 1 heteroatoms. The summed E-state index contributed by atoms with van der Waals surface area (Å²) in [6.45, 7) is 6.12. The fraction of sp³-hybridized carbons (Fsp3) is 0.333. The molecule has 16 heavy (non-hydrogen) atoms. The van der Waals surface area contributed by atoms with Gasteiger partial charge in [0.1, 0.15) is 11.3 Å². The van der Waals surface area contributed by atoms with Crippen LogP contribution in [0.25, 0.3) is 17.0 Å². The number of hydrogen-bond donors (Lipinski definition) is 0. The van der Waals surface area contributed by atoms with Crippen molar-refractivity contribution in [3.63, 3.8) is 0 Å². The maximum atomic E-state index is 5.76. The predicted molar refractivity (Wildman–Crippen MR) is 69.7 cm³/mol. The van der Waals surface area contributed by atoms with Gasteiger partial charge < -0.3 is 4.42 Å². The zero-order valence-electron chi connectivity index (χ0n) is 10.2. The largest absolute Gasteiger partial charge is 0.456 e. The highest BCUT2D eigenvalue weighted by molar-refractivity contribution is 5.85. The van der Waals surface area contributed by atoms with Crippen molar-refractivity contribution in [1.29, 1.82) is 0 Å². The Morgan fingerprint density at radius 1 is 1.19 bits per heavy atom. The van der Waals surface area contributed by atoms with Crippen molar-refractivity contribution in [2.75, 3.05) is 0 Å². The monoisotopic (exact) mass is 214 g/mol. The fourth-order valence-corrected chi connectivity index (χ4v) is 2.09. The Labute approximate surface area is 96.8 Å². The Balaban J connectivity index is 0.000000457. The van der Waals surface area contributed by atoms with Crippen molar-refractivity contribution in [2.24, 2.45) is 0 Å². The van der Waals surface area contributed by atoms with Crippen LogP contribution in [0.1, 0.15) is 37.2 Å². The van der Waals surface area contributed by atoms with Crippen molar-refractivity contribution < 1.29 is 4.42 Å². The highest BCUT2D eigenvalue weighted by Gasteiger charge is 2.13. The molecule has 0 radical (unpaired) electrons. The number of allylic oxidation sites excluding steroid dienone is 1. The van der Waals surface area contributed by atoms with E-state index >= 15 is 0 Å². The molecule has 0 saturated carbocycles. The van der Waals surface area contributed by atoms with Gasteiger partial charge in [0.2, 0.25) is 0 Å². The van der Waals surface area contributed by atoms with Crippen LogP contribution in [0.4, 0.5) is 0 Å². The molecular weight excluding hydrogens is 196 g/mol. The maximum Gasteiger partial charge on any atom is 0.135 e. The Morgan fingerprint density at radius 2 is 2.00 bits per heavy atom. The van der Waals surface area contributed by atoms with Gasteiger partial charge in [-0.2, -0.15) is 0 Å². The third-order valence-corrected chi connectivity index (χ3v) is 2.81. The van der Waals surface area contributed by atoms with Gasteiger partial charge in [0.25, 0.3) is 0 Å². The van der Waals surface area contributed by atoms with E-state index in [2.05, 4.69) is 37.3 Å². The van der Waals surface area contributed by atoms with Gasteiger partial charge >= 0.3 is 0 Å². The Morgan fingerprint density at radius 3 is 2.81 bits per heavy atom. The zero-order chi connectivity index (χ0) is 11.5. The Kier molecular flexibility index (Phi) is 3.14. The van der Waals surface area contributed by atoms with Crippen molar-refractivity contribution in [1.82, 2.24) is 0 Å². The summed E-state index contributed by atoms with van der Waals surface area (Å²) in [6.07, 6.45) is 6.52. The predicted octanol–water partition coefficient (Wildman–Crippen LogP) is 4.73. The topological polar surface area (TPSA) is 13.1 Å². The number of fused-ring (bicyclic) bond motifs is 3. The standard InChI is InChI=1S/C13H12O.C2H6/c1-9-6-7-13-11(8-9)10-4-2-3-5-12(10)14-13;1-2/h3,5-8H,2,4H2,1H3;1-2H3. The van der Waals surface area contributed by atoms with E-state index in [9.17, 15) is 0 Å².